The highest BCUT2D eigenvalue weighted by Crippen LogP contribution is 2.17. The number of carbonyl (C=O) groups is 1. The highest BCUT2D eigenvalue weighted by molar-refractivity contribution is 7.99. The molecule has 1 amide bonds. The number of amides is 1. The first-order chi connectivity index (χ1) is 10.2. The summed E-state index contributed by atoms with van der Waals surface area (Å²) in [5.74, 6) is 2.01. The lowest BCUT2D eigenvalue weighted by Crippen LogP contribution is -2.41. The lowest BCUT2D eigenvalue weighted by molar-refractivity contribution is -0.121. The van der Waals surface area contributed by atoms with Gasteiger partial charge in [0.15, 0.2) is 11.6 Å². The molecule has 1 aromatic carbocycles. The van der Waals surface area contributed by atoms with E-state index in [-0.39, 0.29) is 23.5 Å². The molecule has 1 heterocycles. The van der Waals surface area contributed by atoms with Gasteiger partial charge in [0.25, 0.3) is 0 Å². The molecule has 1 fully saturated rings. The number of methoxy groups -OCH3 is 1. The van der Waals surface area contributed by atoms with Gasteiger partial charge >= 0.3 is 0 Å². The fourth-order valence-corrected chi connectivity index (χ4v) is 3.21. The average Bonchev–Trinajstić information content (AvgIpc) is 2.48. The number of thioether (sulfide) groups is 1. The van der Waals surface area contributed by atoms with E-state index < -0.39 is 0 Å². The van der Waals surface area contributed by atoms with Crippen LogP contribution in [0.1, 0.15) is 12.0 Å². The Kier molecular flexibility index (Phi) is 6.32. The minimum Gasteiger partial charge on any atom is -0.494 e. The van der Waals surface area contributed by atoms with Crippen LogP contribution in [-0.2, 0) is 11.2 Å². The van der Waals surface area contributed by atoms with E-state index >= 15 is 0 Å². The van der Waals surface area contributed by atoms with Crippen LogP contribution in [0.3, 0.4) is 0 Å². The number of ether oxygens (including phenoxy) is 1. The van der Waals surface area contributed by atoms with Crippen LogP contribution in [0.25, 0.3) is 0 Å². The Balaban J connectivity index is 1.70. The average molecular weight is 312 g/mol. The summed E-state index contributed by atoms with van der Waals surface area (Å²) in [4.78, 5) is 11.8. The van der Waals surface area contributed by atoms with Crippen molar-refractivity contribution in [2.45, 2.75) is 18.9 Å². The molecular formula is C15H21FN2O2S. The van der Waals surface area contributed by atoms with E-state index in [4.69, 9.17) is 4.74 Å². The number of hydrogen-bond acceptors (Lipinski definition) is 4. The molecule has 0 radical (unpaired) electrons. The molecule has 1 aliphatic heterocycles. The lowest BCUT2D eigenvalue weighted by Gasteiger charge is -2.22. The Bertz CT molecular complexity index is 479. The Labute approximate surface area is 128 Å². The first-order valence-corrected chi connectivity index (χ1v) is 8.24. The third-order valence-electron chi connectivity index (χ3n) is 3.38. The second-order valence-electron chi connectivity index (χ2n) is 5.00. The molecule has 1 atom stereocenters. The topological polar surface area (TPSA) is 50.4 Å². The summed E-state index contributed by atoms with van der Waals surface area (Å²) >= 11 is 1.87. The monoisotopic (exact) mass is 312 g/mol. The zero-order valence-corrected chi connectivity index (χ0v) is 13.0. The molecule has 1 aromatic rings. The van der Waals surface area contributed by atoms with Crippen LogP contribution in [0.15, 0.2) is 18.2 Å². The van der Waals surface area contributed by atoms with Crippen molar-refractivity contribution < 1.29 is 13.9 Å². The SMILES string of the molecule is COc1ccc(CCNC(=O)CC2CSCCN2)cc1F. The first kappa shape index (κ1) is 16.1. The van der Waals surface area contributed by atoms with Crippen molar-refractivity contribution >= 4 is 17.7 Å². The van der Waals surface area contributed by atoms with Gasteiger partial charge in [-0.25, -0.2) is 4.39 Å². The number of hydrogen-bond donors (Lipinski definition) is 2. The van der Waals surface area contributed by atoms with E-state index in [1.165, 1.54) is 13.2 Å². The maximum absolute atomic E-state index is 13.5. The van der Waals surface area contributed by atoms with Gasteiger partial charge in [0, 0.05) is 37.1 Å². The van der Waals surface area contributed by atoms with Crippen molar-refractivity contribution in [3.05, 3.63) is 29.6 Å². The highest BCUT2D eigenvalue weighted by atomic mass is 32.2. The Hall–Kier alpha value is -1.27. The fourth-order valence-electron chi connectivity index (χ4n) is 2.26. The molecule has 0 aromatic heterocycles. The summed E-state index contributed by atoms with van der Waals surface area (Å²) in [5.41, 5.74) is 0.847. The summed E-state index contributed by atoms with van der Waals surface area (Å²) in [6.45, 7) is 1.48. The number of nitrogens with one attached hydrogen (secondary N) is 2. The van der Waals surface area contributed by atoms with Gasteiger partial charge in [0.2, 0.25) is 5.91 Å². The van der Waals surface area contributed by atoms with Crippen molar-refractivity contribution in [2.24, 2.45) is 0 Å². The summed E-state index contributed by atoms with van der Waals surface area (Å²) in [5, 5.41) is 6.22. The second kappa shape index (κ2) is 8.24. The Morgan fingerprint density at radius 1 is 1.57 bits per heavy atom. The van der Waals surface area contributed by atoms with Crippen LogP contribution in [0, 0.1) is 5.82 Å². The predicted molar refractivity (Wildman–Crippen MR) is 83.4 cm³/mol. The molecule has 1 unspecified atom stereocenters. The molecule has 2 rings (SSSR count). The van der Waals surface area contributed by atoms with Gasteiger partial charge in [-0.05, 0) is 24.1 Å². The molecule has 0 bridgehead atoms. The van der Waals surface area contributed by atoms with Crippen LogP contribution in [-0.4, -0.2) is 43.7 Å². The number of rotatable bonds is 6. The smallest absolute Gasteiger partial charge is 0.221 e. The minimum absolute atomic E-state index is 0.0454. The van der Waals surface area contributed by atoms with Crippen molar-refractivity contribution in [1.82, 2.24) is 10.6 Å². The van der Waals surface area contributed by atoms with Gasteiger partial charge in [-0.2, -0.15) is 11.8 Å². The van der Waals surface area contributed by atoms with Crippen LogP contribution < -0.4 is 15.4 Å². The van der Waals surface area contributed by atoms with Crippen molar-refractivity contribution in [2.75, 3.05) is 31.7 Å². The van der Waals surface area contributed by atoms with Gasteiger partial charge < -0.3 is 15.4 Å². The summed E-state index contributed by atoms with van der Waals surface area (Å²) in [7, 11) is 1.44. The molecule has 6 heteroatoms. The van der Waals surface area contributed by atoms with E-state index in [2.05, 4.69) is 10.6 Å². The van der Waals surface area contributed by atoms with E-state index in [0.717, 1.165) is 23.6 Å². The molecule has 2 N–H and O–H groups in total. The van der Waals surface area contributed by atoms with Crippen molar-refractivity contribution in [3.63, 3.8) is 0 Å². The van der Waals surface area contributed by atoms with Crippen LogP contribution in [0.4, 0.5) is 4.39 Å². The van der Waals surface area contributed by atoms with Crippen LogP contribution >= 0.6 is 11.8 Å². The largest absolute Gasteiger partial charge is 0.494 e. The second-order valence-corrected chi connectivity index (χ2v) is 6.15. The van der Waals surface area contributed by atoms with Gasteiger partial charge in [-0.3, -0.25) is 4.79 Å². The maximum Gasteiger partial charge on any atom is 0.221 e. The third kappa shape index (κ3) is 5.21. The normalized spacial score (nSPS) is 18.3. The third-order valence-corrected chi connectivity index (χ3v) is 4.51. The fraction of sp³-hybridized carbons (Fsp3) is 0.533. The van der Waals surface area contributed by atoms with Gasteiger partial charge in [-0.1, -0.05) is 6.07 Å². The number of halogens is 1. The van der Waals surface area contributed by atoms with E-state index in [0.29, 0.717) is 19.4 Å². The molecular weight excluding hydrogens is 291 g/mol. The van der Waals surface area contributed by atoms with Crippen LogP contribution in [0.5, 0.6) is 5.75 Å². The molecule has 0 saturated carbocycles. The molecule has 4 nitrogen and oxygen atoms in total. The van der Waals surface area contributed by atoms with Crippen LogP contribution in [0.2, 0.25) is 0 Å². The molecule has 0 spiro atoms. The van der Waals surface area contributed by atoms with Crippen molar-refractivity contribution in [3.8, 4) is 5.75 Å². The molecule has 116 valence electrons. The summed E-state index contributed by atoms with van der Waals surface area (Å²) in [6.07, 6.45) is 1.11. The number of benzene rings is 1. The van der Waals surface area contributed by atoms with Gasteiger partial charge in [0.1, 0.15) is 0 Å². The maximum atomic E-state index is 13.5. The first-order valence-electron chi connectivity index (χ1n) is 7.09. The van der Waals surface area contributed by atoms with Gasteiger partial charge in [-0.15, -0.1) is 0 Å². The zero-order chi connectivity index (χ0) is 15.1. The van der Waals surface area contributed by atoms with Gasteiger partial charge in [0.05, 0.1) is 7.11 Å². The Morgan fingerprint density at radius 3 is 3.10 bits per heavy atom. The molecule has 1 saturated heterocycles. The summed E-state index contributed by atoms with van der Waals surface area (Å²) < 4.78 is 18.4. The minimum atomic E-state index is -0.371. The summed E-state index contributed by atoms with van der Waals surface area (Å²) in [6, 6.07) is 5.13. The molecule has 0 aliphatic carbocycles. The number of carbonyl (C=O) groups excluding carboxylic acids is 1. The van der Waals surface area contributed by atoms with E-state index in [1.54, 1.807) is 6.07 Å². The standard InChI is InChI=1S/C15H21FN2O2S/c1-20-14-3-2-11(8-13(14)16)4-5-18-15(19)9-12-10-21-7-6-17-12/h2-3,8,12,17H,4-7,9-10H2,1H3,(H,18,19). The molecule has 21 heavy (non-hydrogen) atoms. The van der Waals surface area contributed by atoms with Crippen molar-refractivity contribution in [1.29, 1.82) is 0 Å². The quantitative estimate of drug-likeness (QED) is 0.837. The lowest BCUT2D eigenvalue weighted by atomic mass is 10.1. The van der Waals surface area contributed by atoms with E-state index in [1.807, 2.05) is 17.8 Å². The van der Waals surface area contributed by atoms with E-state index in [9.17, 15) is 9.18 Å². The zero-order valence-electron chi connectivity index (χ0n) is 12.2. The predicted octanol–water partition coefficient (Wildman–Crippen LogP) is 1.59. The molecule has 1 aliphatic rings. The highest BCUT2D eigenvalue weighted by Gasteiger charge is 2.16. The Morgan fingerprint density at radius 2 is 2.43 bits per heavy atom.